The molecule has 0 radical (unpaired) electrons. The Balaban J connectivity index is 1.68. The van der Waals surface area contributed by atoms with Crippen LogP contribution in [0.4, 0.5) is 0 Å². The molecular weight excluding hydrogens is 330 g/mol. The van der Waals surface area contributed by atoms with Crippen molar-refractivity contribution in [3.63, 3.8) is 0 Å². The van der Waals surface area contributed by atoms with Crippen molar-refractivity contribution in [2.75, 3.05) is 27.3 Å². The Labute approximate surface area is 154 Å². The van der Waals surface area contributed by atoms with Crippen LogP contribution in [0.3, 0.4) is 0 Å². The molecule has 0 bridgehead atoms. The SMILES string of the molecule is COc1cccc(C(=O)C2CCCN(Cc3ccc(OC)cc3O)C2)c1. The molecule has 0 saturated carbocycles. The van der Waals surface area contributed by atoms with Crippen molar-refractivity contribution in [2.24, 2.45) is 5.92 Å². The van der Waals surface area contributed by atoms with E-state index in [1.807, 2.05) is 30.3 Å². The highest BCUT2D eigenvalue weighted by Crippen LogP contribution is 2.28. The number of phenolic OH excluding ortho intramolecular Hbond substituents is 1. The largest absolute Gasteiger partial charge is 0.507 e. The Bertz CT molecular complexity index is 774. The van der Waals surface area contributed by atoms with Crippen molar-refractivity contribution < 1.29 is 19.4 Å². The molecule has 1 aliphatic rings. The number of methoxy groups -OCH3 is 2. The van der Waals surface area contributed by atoms with Gasteiger partial charge in [0.05, 0.1) is 14.2 Å². The molecule has 2 aromatic rings. The first-order valence-corrected chi connectivity index (χ1v) is 8.87. The lowest BCUT2D eigenvalue weighted by molar-refractivity contribution is 0.0810. The maximum atomic E-state index is 12.9. The maximum absolute atomic E-state index is 12.9. The van der Waals surface area contributed by atoms with Gasteiger partial charge in [0.25, 0.3) is 0 Å². The number of ether oxygens (including phenoxy) is 2. The Morgan fingerprint density at radius 1 is 1.15 bits per heavy atom. The van der Waals surface area contributed by atoms with Crippen LogP contribution < -0.4 is 9.47 Å². The number of piperidine rings is 1. The molecule has 138 valence electrons. The van der Waals surface area contributed by atoms with Crippen LogP contribution in [-0.2, 0) is 6.54 Å². The second kappa shape index (κ2) is 8.23. The van der Waals surface area contributed by atoms with Gasteiger partial charge in [-0.2, -0.15) is 0 Å². The van der Waals surface area contributed by atoms with E-state index < -0.39 is 0 Å². The summed E-state index contributed by atoms with van der Waals surface area (Å²) in [5.41, 5.74) is 1.55. The minimum atomic E-state index is -0.0313. The van der Waals surface area contributed by atoms with Gasteiger partial charge in [0.1, 0.15) is 17.2 Å². The van der Waals surface area contributed by atoms with Gasteiger partial charge in [0.15, 0.2) is 5.78 Å². The van der Waals surface area contributed by atoms with Gasteiger partial charge in [-0.3, -0.25) is 9.69 Å². The second-order valence-corrected chi connectivity index (χ2v) is 6.67. The van der Waals surface area contributed by atoms with Gasteiger partial charge in [0.2, 0.25) is 0 Å². The number of phenols is 1. The predicted octanol–water partition coefficient (Wildman–Crippen LogP) is 3.50. The van der Waals surface area contributed by atoms with Crippen molar-refractivity contribution >= 4 is 5.78 Å². The van der Waals surface area contributed by atoms with Gasteiger partial charge in [0, 0.05) is 36.2 Å². The number of nitrogens with zero attached hydrogens (tertiary/aromatic N) is 1. The summed E-state index contributed by atoms with van der Waals surface area (Å²) in [5, 5.41) is 10.2. The third kappa shape index (κ3) is 4.17. The summed E-state index contributed by atoms with van der Waals surface area (Å²) >= 11 is 0. The van der Waals surface area contributed by atoms with Crippen LogP contribution >= 0.6 is 0 Å². The van der Waals surface area contributed by atoms with Crippen molar-refractivity contribution in [3.05, 3.63) is 53.6 Å². The molecule has 1 unspecified atom stereocenters. The topological polar surface area (TPSA) is 59.0 Å². The van der Waals surface area contributed by atoms with Crippen molar-refractivity contribution in [3.8, 4) is 17.2 Å². The molecule has 2 aromatic carbocycles. The number of ketones is 1. The lowest BCUT2D eigenvalue weighted by Crippen LogP contribution is -2.38. The first-order valence-electron chi connectivity index (χ1n) is 8.87. The van der Waals surface area contributed by atoms with E-state index in [1.54, 1.807) is 26.4 Å². The molecule has 0 amide bonds. The zero-order valence-electron chi connectivity index (χ0n) is 15.3. The fourth-order valence-electron chi connectivity index (χ4n) is 3.47. The van der Waals surface area contributed by atoms with Crippen LogP contribution in [0.5, 0.6) is 17.2 Å². The minimum Gasteiger partial charge on any atom is -0.507 e. The van der Waals surface area contributed by atoms with Gasteiger partial charge >= 0.3 is 0 Å². The number of likely N-dealkylation sites (tertiary alicyclic amines) is 1. The Morgan fingerprint density at radius 2 is 1.92 bits per heavy atom. The van der Waals surface area contributed by atoms with E-state index in [9.17, 15) is 9.90 Å². The molecule has 1 N–H and O–H groups in total. The number of carbonyl (C=O) groups excluding carboxylic acids is 1. The highest BCUT2D eigenvalue weighted by atomic mass is 16.5. The molecule has 1 fully saturated rings. The van der Waals surface area contributed by atoms with Gasteiger partial charge in [-0.1, -0.05) is 18.2 Å². The fraction of sp³-hybridized carbons (Fsp3) is 0.381. The van der Waals surface area contributed by atoms with Gasteiger partial charge in [-0.15, -0.1) is 0 Å². The van der Waals surface area contributed by atoms with Gasteiger partial charge in [-0.25, -0.2) is 0 Å². The summed E-state index contributed by atoms with van der Waals surface area (Å²) in [6.07, 6.45) is 1.86. The third-order valence-electron chi connectivity index (χ3n) is 4.92. The number of hydrogen-bond acceptors (Lipinski definition) is 5. The fourth-order valence-corrected chi connectivity index (χ4v) is 3.47. The molecule has 1 saturated heterocycles. The van der Waals surface area contributed by atoms with Crippen LogP contribution in [0.1, 0.15) is 28.8 Å². The van der Waals surface area contributed by atoms with Crippen LogP contribution in [0, 0.1) is 5.92 Å². The molecule has 5 heteroatoms. The summed E-state index contributed by atoms with van der Waals surface area (Å²) < 4.78 is 10.4. The lowest BCUT2D eigenvalue weighted by Gasteiger charge is -2.32. The van der Waals surface area contributed by atoms with E-state index in [-0.39, 0.29) is 17.5 Å². The Kier molecular flexibility index (Phi) is 5.78. The highest BCUT2D eigenvalue weighted by molar-refractivity contribution is 5.98. The number of hydrogen-bond donors (Lipinski definition) is 1. The minimum absolute atomic E-state index is 0.0313. The van der Waals surface area contributed by atoms with E-state index in [0.29, 0.717) is 30.2 Å². The number of benzene rings is 2. The number of carbonyl (C=O) groups is 1. The molecule has 3 rings (SSSR count). The normalized spacial score (nSPS) is 17.7. The number of rotatable bonds is 6. The van der Waals surface area contributed by atoms with Crippen LogP contribution in [0.25, 0.3) is 0 Å². The Morgan fingerprint density at radius 3 is 2.65 bits per heavy atom. The average Bonchev–Trinajstić information content (AvgIpc) is 2.69. The second-order valence-electron chi connectivity index (χ2n) is 6.67. The number of aromatic hydroxyl groups is 1. The van der Waals surface area contributed by atoms with E-state index in [2.05, 4.69) is 4.90 Å². The molecule has 5 nitrogen and oxygen atoms in total. The molecule has 1 atom stereocenters. The van der Waals surface area contributed by atoms with Crippen molar-refractivity contribution in [2.45, 2.75) is 19.4 Å². The van der Waals surface area contributed by atoms with Crippen LogP contribution in [0.2, 0.25) is 0 Å². The van der Waals surface area contributed by atoms with E-state index in [1.165, 1.54) is 0 Å². The summed E-state index contributed by atoms with van der Waals surface area (Å²) in [6.45, 7) is 2.24. The molecular formula is C21H25NO4. The molecule has 0 aliphatic carbocycles. The zero-order chi connectivity index (χ0) is 18.5. The van der Waals surface area contributed by atoms with Crippen LogP contribution in [-0.4, -0.2) is 43.1 Å². The maximum Gasteiger partial charge on any atom is 0.167 e. The number of Topliss-reactive ketones (excluding diaryl/α,β-unsaturated/α-hetero) is 1. The smallest absolute Gasteiger partial charge is 0.167 e. The summed E-state index contributed by atoms with van der Waals surface area (Å²) in [4.78, 5) is 15.1. The predicted molar refractivity (Wildman–Crippen MR) is 100.0 cm³/mol. The van der Waals surface area contributed by atoms with Gasteiger partial charge < -0.3 is 14.6 Å². The van der Waals surface area contributed by atoms with Gasteiger partial charge in [-0.05, 0) is 37.6 Å². The van der Waals surface area contributed by atoms with Crippen molar-refractivity contribution in [1.82, 2.24) is 4.90 Å². The average molecular weight is 355 g/mol. The summed E-state index contributed by atoms with van der Waals surface area (Å²) in [5.74, 6) is 1.69. The summed E-state index contributed by atoms with van der Waals surface area (Å²) in [7, 11) is 3.18. The van der Waals surface area contributed by atoms with Crippen LogP contribution in [0.15, 0.2) is 42.5 Å². The Hall–Kier alpha value is -2.53. The molecule has 0 aromatic heterocycles. The molecule has 0 spiro atoms. The third-order valence-corrected chi connectivity index (χ3v) is 4.92. The molecule has 1 heterocycles. The standard InChI is InChI=1S/C21H25NO4/c1-25-18-7-3-5-15(11-18)21(24)17-6-4-10-22(14-17)13-16-8-9-19(26-2)12-20(16)23/h3,5,7-9,11-12,17,23H,4,6,10,13-14H2,1-2H3. The monoisotopic (exact) mass is 355 g/mol. The zero-order valence-corrected chi connectivity index (χ0v) is 15.3. The lowest BCUT2D eigenvalue weighted by atomic mass is 9.89. The first kappa shape index (κ1) is 18.3. The van der Waals surface area contributed by atoms with E-state index in [4.69, 9.17) is 9.47 Å². The highest BCUT2D eigenvalue weighted by Gasteiger charge is 2.27. The van der Waals surface area contributed by atoms with Crippen molar-refractivity contribution in [1.29, 1.82) is 0 Å². The van der Waals surface area contributed by atoms with E-state index in [0.717, 1.165) is 24.9 Å². The molecule has 26 heavy (non-hydrogen) atoms. The first-order chi connectivity index (χ1) is 12.6. The summed E-state index contributed by atoms with van der Waals surface area (Å²) in [6, 6.07) is 12.7. The quantitative estimate of drug-likeness (QED) is 0.804. The molecule has 1 aliphatic heterocycles. The van der Waals surface area contributed by atoms with E-state index >= 15 is 0 Å².